The van der Waals surface area contributed by atoms with Crippen molar-refractivity contribution in [3.05, 3.63) is 36.4 Å². The van der Waals surface area contributed by atoms with Gasteiger partial charge >= 0.3 is 12.7 Å². The maximum Gasteiger partial charge on any atom is 0.407 e. The number of alkyl halides is 2. The number of carbonyl (C=O) groups is 1. The molecule has 0 saturated carbocycles. The van der Waals surface area contributed by atoms with Crippen molar-refractivity contribution in [3.8, 4) is 17.0 Å². The number of nitrogens with zero attached hydrogens (tertiary/aromatic N) is 4. The van der Waals surface area contributed by atoms with Crippen LogP contribution in [-0.2, 0) is 11.3 Å². The third-order valence-electron chi connectivity index (χ3n) is 3.91. The van der Waals surface area contributed by atoms with Crippen molar-refractivity contribution >= 4 is 17.3 Å². The van der Waals surface area contributed by atoms with Gasteiger partial charge in [0.15, 0.2) is 17.2 Å². The Morgan fingerprint density at radius 2 is 2.22 bits per heavy atom. The molecule has 1 atom stereocenters. The summed E-state index contributed by atoms with van der Waals surface area (Å²) in [5.74, 6) is -1.49. The third-order valence-corrected chi connectivity index (χ3v) is 3.91. The van der Waals surface area contributed by atoms with Crippen molar-refractivity contribution in [2.24, 2.45) is 0 Å². The van der Waals surface area contributed by atoms with E-state index in [-0.39, 0.29) is 6.54 Å². The van der Waals surface area contributed by atoms with Crippen LogP contribution >= 0.6 is 0 Å². The molecule has 1 saturated heterocycles. The summed E-state index contributed by atoms with van der Waals surface area (Å²) in [6.07, 6.45) is 2.03. The molecule has 0 radical (unpaired) electrons. The van der Waals surface area contributed by atoms with Crippen LogP contribution in [0.3, 0.4) is 0 Å². The van der Waals surface area contributed by atoms with Crippen LogP contribution in [0, 0.1) is 5.82 Å². The fraction of sp³-hybridized carbons (Fsp3) is 0.250. The van der Waals surface area contributed by atoms with E-state index in [0.29, 0.717) is 29.0 Å². The van der Waals surface area contributed by atoms with E-state index in [1.807, 2.05) is 0 Å². The van der Waals surface area contributed by atoms with Crippen LogP contribution in [0.15, 0.2) is 30.6 Å². The topological polar surface area (TPSA) is 91.2 Å². The van der Waals surface area contributed by atoms with E-state index in [1.54, 1.807) is 0 Å². The molecule has 4 rings (SSSR count). The molecule has 2 aromatic heterocycles. The molecule has 1 N–H and O–H groups in total. The minimum absolute atomic E-state index is 0.267. The number of fused-ring (bicyclic) bond motifs is 1. The molecule has 140 valence electrons. The molecule has 27 heavy (non-hydrogen) atoms. The van der Waals surface area contributed by atoms with Crippen LogP contribution in [0.1, 0.15) is 0 Å². The number of cyclic esters (lactones) is 1. The van der Waals surface area contributed by atoms with Gasteiger partial charge in [-0.2, -0.15) is 13.9 Å². The number of rotatable bonds is 5. The Hall–Kier alpha value is -3.37. The zero-order chi connectivity index (χ0) is 19.0. The largest absolute Gasteiger partial charge is 0.442 e. The van der Waals surface area contributed by atoms with Crippen molar-refractivity contribution in [1.29, 1.82) is 0 Å². The molecule has 1 fully saturated rings. The van der Waals surface area contributed by atoms with E-state index in [9.17, 15) is 18.0 Å². The SMILES string of the molecule is O=C1NCC(Cn2ncc3ncc(-c4ccc(F)c(OC(F)F)c4)nc32)O1. The first kappa shape index (κ1) is 17.1. The van der Waals surface area contributed by atoms with Gasteiger partial charge < -0.3 is 14.8 Å². The smallest absolute Gasteiger partial charge is 0.407 e. The summed E-state index contributed by atoms with van der Waals surface area (Å²) in [5.41, 5.74) is 1.59. The molecule has 3 heterocycles. The van der Waals surface area contributed by atoms with Crippen molar-refractivity contribution in [1.82, 2.24) is 25.1 Å². The average Bonchev–Trinajstić information content (AvgIpc) is 3.23. The van der Waals surface area contributed by atoms with Crippen LogP contribution in [-0.4, -0.2) is 45.1 Å². The van der Waals surface area contributed by atoms with Gasteiger partial charge in [0.2, 0.25) is 0 Å². The highest BCUT2D eigenvalue weighted by molar-refractivity contribution is 5.74. The molecule has 0 aliphatic carbocycles. The molecule has 1 aromatic carbocycles. The molecular formula is C16H12F3N5O3. The molecule has 1 aliphatic heterocycles. The summed E-state index contributed by atoms with van der Waals surface area (Å²) >= 11 is 0. The summed E-state index contributed by atoms with van der Waals surface area (Å²) in [7, 11) is 0. The van der Waals surface area contributed by atoms with Crippen LogP contribution in [0.25, 0.3) is 22.4 Å². The number of hydrogen-bond acceptors (Lipinski definition) is 6. The van der Waals surface area contributed by atoms with Crippen LogP contribution in [0.4, 0.5) is 18.0 Å². The number of halogens is 3. The van der Waals surface area contributed by atoms with Gasteiger partial charge in [-0.15, -0.1) is 0 Å². The van der Waals surface area contributed by atoms with Crippen LogP contribution in [0.2, 0.25) is 0 Å². The Labute approximate surface area is 149 Å². The van der Waals surface area contributed by atoms with E-state index in [2.05, 4.69) is 25.1 Å². The second-order valence-electron chi connectivity index (χ2n) is 5.72. The number of benzene rings is 1. The Morgan fingerprint density at radius 3 is 2.96 bits per heavy atom. The van der Waals surface area contributed by atoms with E-state index in [0.717, 1.165) is 12.1 Å². The number of aromatic nitrogens is 4. The summed E-state index contributed by atoms with van der Waals surface area (Å²) in [6.45, 7) is -2.53. The Morgan fingerprint density at radius 1 is 1.37 bits per heavy atom. The minimum Gasteiger partial charge on any atom is -0.442 e. The molecule has 1 unspecified atom stereocenters. The van der Waals surface area contributed by atoms with E-state index in [4.69, 9.17) is 4.74 Å². The molecule has 8 nitrogen and oxygen atoms in total. The predicted octanol–water partition coefficient (Wildman–Crippen LogP) is 2.34. The molecule has 3 aromatic rings. The lowest BCUT2D eigenvalue weighted by molar-refractivity contribution is -0.0521. The maximum absolute atomic E-state index is 13.6. The summed E-state index contributed by atoms with van der Waals surface area (Å²) in [4.78, 5) is 19.8. The number of amides is 1. The lowest BCUT2D eigenvalue weighted by Crippen LogP contribution is -2.21. The summed E-state index contributed by atoms with van der Waals surface area (Å²) in [6, 6.07) is 3.52. The second-order valence-corrected chi connectivity index (χ2v) is 5.72. The fourth-order valence-electron chi connectivity index (χ4n) is 2.70. The first-order valence-electron chi connectivity index (χ1n) is 7.87. The molecule has 1 amide bonds. The predicted molar refractivity (Wildman–Crippen MR) is 85.6 cm³/mol. The normalized spacial score (nSPS) is 16.6. The van der Waals surface area contributed by atoms with Crippen LogP contribution in [0.5, 0.6) is 5.75 Å². The van der Waals surface area contributed by atoms with Gasteiger partial charge in [-0.1, -0.05) is 0 Å². The van der Waals surface area contributed by atoms with Crippen LogP contribution < -0.4 is 10.1 Å². The number of hydrogen-bond donors (Lipinski definition) is 1. The fourth-order valence-corrected chi connectivity index (χ4v) is 2.70. The zero-order valence-electron chi connectivity index (χ0n) is 13.6. The van der Waals surface area contributed by atoms with Gasteiger partial charge in [-0.25, -0.2) is 23.8 Å². The number of nitrogens with one attached hydrogen (secondary N) is 1. The first-order chi connectivity index (χ1) is 13.0. The van der Waals surface area contributed by atoms with Gasteiger partial charge in [0.1, 0.15) is 11.6 Å². The highest BCUT2D eigenvalue weighted by atomic mass is 19.3. The Bertz CT molecular complexity index is 1010. The quantitative estimate of drug-likeness (QED) is 0.732. The molecule has 0 bridgehead atoms. The number of alkyl carbamates (subject to hydrolysis) is 1. The second kappa shape index (κ2) is 6.74. The maximum atomic E-state index is 13.6. The first-order valence-corrected chi connectivity index (χ1v) is 7.87. The van der Waals surface area contributed by atoms with Gasteiger partial charge in [0.05, 0.1) is 31.2 Å². The van der Waals surface area contributed by atoms with Crippen molar-refractivity contribution in [2.45, 2.75) is 19.3 Å². The summed E-state index contributed by atoms with van der Waals surface area (Å²) < 4.78 is 49.2. The Balaban J connectivity index is 1.67. The van der Waals surface area contributed by atoms with E-state index >= 15 is 0 Å². The number of ether oxygens (including phenoxy) is 2. The van der Waals surface area contributed by atoms with Crippen molar-refractivity contribution in [3.63, 3.8) is 0 Å². The lowest BCUT2D eigenvalue weighted by atomic mass is 10.1. The molecule has 11 heteroatoms. The highest BCUT2D eigenvalue weighted by Crippen LogP contribution is 2.27. The van der Waals surface area contributed by atoms with Gasteiger partial charge in [-0.3, -0.25) is 0 Å². The van der Waals surface area contributed by atoms with Crippen molar-refractivity contribution < 1.29 is 27.4 Å². The van der Waals surface area contributed by atoms with E-state index < -0.39 is 30.4 Å². The number of carbonyl (C=O) groups excluding carboxylic acids is 1. The molecular weight excluding hydrogens is 367 g/mol. The van der Waals surface area contributed by atoms with Gasteiger partial charge in [0, 0.05) is 5.56 Å². The average molecular weight is 379 g/mol. The Kier molecular flexibility index (Phi) is 4.26. The van der Waals surface area contributed by atoms with Crippen molar-refractivity contribution in [2.75, 3.05) is 6.54 Å². The summed E-state index contributed by atoms with van der Waals surface area (Å²) in [5, 5.41) is 6.72. The third kappa shape index (κ3) is 3.48. The lowest BCUT2D eigenvalue weighted by Gasteiger charge is -2.10. The van der Waals surface area contributed by atoms with Gasteiger partial charge in [-0.05, 0) is 18.2 Å². The standard InChI is InChI=1S/C16H12F3N5O3/c17-10-2-1-8(3-13(10)27-15(18)19)11-5-20-12-6-22-24(14(12)23-11)7-9-4-21-16(25)26-9/h1-3,5-6,9,15H,4,7H2,(H,21,25). The van der Waals surface area contributed by atoms with E-state index in [1.165, 1.54) is 23.1 Å². The van der Waals surface area contributed by atoms with Gasteiger partial charge in [0.25, 0.3) is 0 Å². The minimum atomic E-state index is -3.15. The molecule has 1 aliphatic rings. The monoisotopic (exact) mass is 379 g/mol. The molecule has 0 spiro atoms. The highest BCUT2D eigenvalue weighted by Gasteiger charge is 2.24. The zero-order valence-corrected chi connectivity index (χ0v) is 13.6.